The zero-order valence-electron chi connectivity index (χ0n) is 4.33. The van der Waals surface area contributed by atoms with Crippen LogP contribution in [0.5, 0.6) is 0 Å². The first-order valence-corrected chi connectivity index (χ1v) is 2.41. The summed E-state index contributed by atoms with van der Waals surface area (Å²) in [6.45, 7) is 4.56. The van der Waals surface area contributed by atoms with Gasteiger partial charge >= 0.3 is 11.0 Å². The molecule has 1 aliphatic rings. The van der Waals surface area contributed by atoms with E-state index in [4.69, 9.17) is 0 Å². The minimum atomic E-state index is 0. The molecule has 2 N–H and O–H groups in total. The smallest absolute Gasteiger partial charge is 0.314 e. The zero-order valence-corrected chi connectivity index (χ0v) is 5.33. The molecule has 1 rings (SSSR count). The molecule has 0 amide bonds. The summed E-state index contributed by atoms with van der Waals surface area (Å²) >= 11 is 0. The van der Waals surface area contributed by atoms with Gasteiger partial charge in [-0.15, -0.1) is 0 Å². The number of hydrogen-bond acceptors (Lipinski definition) is 2. The summed E-state index contributed by atoms with van der Waals surface area (Å²) < 4.78 is 0. The van der Waals surface area contributed by atoms with Crippen LogP contribution in [0.1, 0.15) is 0 Å². The van der Waals surface area contributed by atoms with Crippen molar-refractivity contribution in [3.05, 3.63) is 0 Å². The molecule has 0 atom stereocenters. The van der Waals surface area contributed by atoms with Crippen LogP contribution < -0.4 is 10.6 Å². The molecule has 0 unspecified atom stereocenters. The molecule has 0 saturated carbocycles. The van der Waals surface area contributed by atoms with Crippen LogP contribution in [-0.4, -0.2) is 37.1 Å². The summed E-state index contributed by atoms with van der Waals surface area (Å²) in [5.41, 5.74) is 0. The molecule has 2 nitrogen and oxygen atoms in total. The van der Waals surface area contributed by atoms with Crippen molar-refractivity contribution in [2.24, 2.45) is 0 Å². The first kappa shape index (κ1) is 7.14. The second kappa shape index (κ2) is 4.30. The molecule has 0 radical (unpaired) electrons. The molecule has 7 heavy (non-hydrogen) atoms. The van der Waals surface area contributed by atoms with E-state index in [0.29, 0.717) is 0 Å². The summed E-state index contributed by atoms with van der Waals surface area (Å²) in [7, 11) is 0. The normalized spacial score (nSPS) is 20.6. The van der Waals surface area contributed by atoms with Gasteiger partial charge in [-0.05, 0) is 0 Å². The van der Waals surface area contributed by atoms with E-state index in [9.17, 15) is 0 Å². The largest absolute Gasteiger partial charge is 4.00 e. The fourth-order valence-electron chi connectivity index (χ4n) is 0.604. The predicted octanol–water partition coefficient (Wildman–Crippen LogP) is -1.20. The minimum Gasteiger partial charge on any atom is -0.314 e. The van der Waals surface area contributed by atoms with Crippen LogP contribution in [0.4, 0.5) is 0 Å². The van der Waals surface area contributed by atoms with Crippen LogP contribution in [0.3, 0.4) is 0 Å². The topological polar surface area (TPSA) is 24.1 Å². The minimum absolute atomic E-state index is 0. The molecule has 0 aliphatic carbocycles. The Morgan fingerprint density at radius 2 is 1.00 bits per heavy atom. The molecule has 1 heterocycles. The molecule has 0 aromatic heterocycles. The third kappa shape index (κ3) is 2.79. The van der Waals surface area contributed by atoms with Gasteiger partial charge < -0.3 is 10.6 Å². The van der Waals surface area contributed by atoms with Gasteiger partial charge in [0.2, 0.25) is 0 Å². The Labute approximate surface area is 48.7 Å². The number of nitrogens with one attached hydrogen (secondary N) is 2. The second-order valence-electron chi connectivity index (χ2n) is 1.50. The van der Waals surface area contributed by atoms with Crippen LogP contribution >= 0.6 is 0 Å². The summed E-state index contributed by atoms with van der Waals surface area (Å²) in [5, 5.41) is 6.44. The van der Waals surface area contributed by atoms with Crippen LogP contribution in [0.15, 0.2) is 0 Å². The molecule has 1 saturated heterocycles. The molecule has 0 aromatic carbocycles. The fourth-order valence-corrected chi connectivity index (χ4v) is 0.604. The molecule has 1 aliphatic heterocycles. The summed E-state index contributed by atoms with van der Waals surface area (Å²) in [6, 6.07) is 0. The molecular formula is C4H10N2Si+4. The molecule has 0 bridgehead atoms. The van der Waals surface area contributed by atoms with E-state index >= 15 is 0 Å². The van der Waals surface area contributed by atoms with Crippen molar-refractivity contribution in [2.45, 2.75) is 0 Å². The Balaban J connectivity index is 0.000000360. The van der Waals surface area contributed by atoms with Crippen molar-refractivity contribution in [1.29, 1.82) is 0 Å². The monoisotopic (exact) mass is 114 g/mol. The van der Waals surface area contributed by atoms with E-state index in [1.165, 1.54) is 0 Å². The van der Waals surface area contributed by atoms with E-state index in [1.807, 2.05) is 0 Å². The second-order valence-corrected chi connectivity index (χ2v) is 1.50. The summed E-state index contributed by atoms with van der Waals surface area (Å²) in [4.78, 5) is 0. The van der Waals surface area contributed by atoms with Gasteiger partial charge in [0.25, 0.3) is 0 Å². The predicted molar refractivity (Wildman–Crippen MR) is 31.5 cm³/mol. The SMILES string of the molecule is C1CNCCN1.[Si+4]. The number of hydrogen-bond donors (Lipinski definition) is 2. The quantitative estimate of drug-likeness (QED) is 0.386. The van der Waals surface area contributed by atoms with Crippen molar-refractivity contribution in [3.8, 4) is 0 Å². The Hall–Kier alpha value is 0.137. The van der Waals surface area contributed by atoms with Gasteiger partial charge in [-0.2, -0.15) is 0 Å². The fraction of sp³-hybridized carbons (Fsp3) is 1.00. The molecular weight excluding hydrogens is 104 g/mol. The van der Waals surface area contributed by atoms with E-state index in [1.54, 1.807) is 0 Å². The average molecular weight is 114 g/mol. The average Bonchev–Trinajstić information content (AvgIpc) is 1.72. The Morgan fingerprint density at radius 3 is 1.14 bits per heavy atom. The van der Waals surface area contributed by atoms with Crippen LogP contribution in [-0.2, 0) is 0 Å². The van der Waals surface area contributed by atoms with Crippen LogP contribution in [0.25, 0.3) is 0 Å². The van der Waals surface area contributed by atoms with Gasteiger partial charge in [0.15, 0.2) is 0 Å². The van der Waals surface area contributed by atoms with Gasteiger partial charge in [0.1, 0.15) is 0 Å². The molecule has 1 fully saturated rings. The van der Waals surface area contributed by atoms with Crippen LogP contribution in [0.2, 0.25) is 0 Å². The van der Waals surface area contributed by atoms with Gasteiger partial charge in [-0.1, -0.05) is 0 Å². The summed E-state index contributed by atoms with van der Waals surface area (Å²) in [5.74, 6) is 0. The zero-order chi connectivity index (χ0) is 4.24. The maximum atomic E-state index is 3.22. The van der Waals surface area contributed by atoms with Gasteiger partial charge in [0.05, 0.1) is 0 Å². The van der Waals surface area contributed by atoms with Crippen molar-refractivity contribution in [1.82, 2.24) is 10.6 Å². The number of rotatable bonds is 0. The van der Waals surface area contributed by atoms with Gasteiger partial charge in [-0.3, -0.25) is 0 Å². The molecule has 0 aromatic rings. The van der Waals surface area contributed by atoms with Crippen LogP contribution in [0, 0.1) is 0 Å². The molecule has 0 spiro atoms. The molecule has 36 valence electrons. The third-order valence-electron chi connectivity index (χ3n) is 0.957. The van der Waals surface area contributed by atoms with Crippen molar-refractivity contribution < 1.29 is 0 Å². The van der Waals surface area contributed by atoms with Crippen molar-refractivity contribution in [3.63, 3.8) is 0 Å². The standard InChI is InChI=1S/C4H10N2.Si/c1-2-6-4-3-5-1;/h5-6H,1-4H2;/q;+4. The Kier molecular flexibility index (Phi) is 4.38. The third-order valence-corrected chi connectivity index (χ3v) is 0.957. The maximum absolute atomic E-state index is 3.22. The first-order chi connectivity index (χ1) is 3.00. The van der Waals surface area contributed by atoms with E-state index in [-0.39, 0.29) is 11.0 Å². The van der Waals surface area contributed by atoms with E-state index < -0.39 is 0 Å². The first-order valence-electron chi connectivity index (χ1n) is 2.41. The van der Waals surface area contributed by atoms with Gasteiger partial charge in [0, 0.05) is 26.2 Å². The summed E-state index contributed by atoms with van der Waals surface area (Å²) in [6.07, 6.45) is 0. The molecule has 3 heteroatoms. The van der Waals surface area contributed by atoms with E-state index in [2.05, 4.69) is 10.6 Å². The Bertz CT molecular complexity index is 25.2. The van der Waals surface area contributed by atoms with Crippen molar-refractivity contribution in [2.75, 3.05) is 26.2 Å². The Morgan fingerprint density at radius 1 is 0.714 bits per heavy atom. The van der Waals surface area contributed by atoms with Gasteiger partial charge in [-0.25, -0.2) is 0 Å². The van der Waals surface area contributed by atoms with Crippen molar-refractivity contribution >= 4 is 11.0 Å². The number of piperazine rings is 1. The maximum Gasteiger partial charge on any atom is 4.00 e. The van der Waals surface area contributed by atoms with E-state index in [0.717, 1.165) is 26.2 Å².